The monoisotopic (exact) mass is 304 g/mol. The first-order valence-corrected chi connectivity index (χ1v) is 6.54. The van der Waals surface area contributed by atoms with Gasteiger partial charge in [-0.25, -0.2) is 9.59 Å². The van der Waals surface area contributed by atoms with Crippen molar-refractivity contribution in [3.63, 3.8) is 0 Å². The lowest BCUT2D eigenvalue weighted by atomic mass is 10.1. The van der Waals surface area contributed by atoms with E-state index in [1.165, 1.54) is 20.3 Å². The molecule has 0 bridgehead atoms. The van der Waals surface area contributed by atoms with Crippen molar-refractivity contribution in [2.45, 2.75) is 13.5 Å². The highest BCUT2D eigenvalue weighted by molar-refractivity contribution is 5.92. The Kier molecular flexibility index (Phi) is 4.83. The molecule has 0 spiro atoms. The summed E-state index contributed by atoms with van der Waals surface area (Å²) in [6, 6.07) is 8.23. The summed E-state index contributed by atoms with van der Waals surface area (Å²) in [6.45, 7) is 1.78. The summed E-state index contributed by atoms with van der Waals surface area (Å²) in [5.74, 6) is -0.276. The molecule has 0 unspecified atom stereocenters. The maximum atomic E-state index is 12.1. The van der Waals surface area contributed by atoms with E-state index in [2.05, 4.69) is 4.74 Å². The molecule has 0 aliphatic rings. The van der Waals surface area contributed by atoms with E-state index in [4.69, 9.17) is 13.9 Å². The van der Waals surface area contributed by atoms with Crippen LogP contribution in [0.25, 0.3) is 0 Å². The normalized spacial score (nSPS) is 10.1. The molecule has 0 aliphatic carbocycles. The van der Waals surface area contributed by atoms with Crippen molar-refractivity contribution in [1.82, 2.24) is 0 Å². The minimum atomic E-state index is -0.585. The summed E-state index contributed by atoms with van der Waals surface area (Å²) in [7, 11) is 2.74. The Labute approximate surface area is 127 Å². The Bertz CT molecular complexity index is 686. The fraction of sp³-hybridized carbons (Fsp3) is 0.250. The lowest BCUT2D eigenvalue weighted by Gasteiger charge is -2.08. The van der Waals surface area contributed by atoms with Crippen LogP contribution >= 0.6 is 0 Å². The van der Waals surface area contributed by atoms with Gasteiger partial charge >= 0.3 is 11.9 Å². The quantitative estimate of drug-likeness (QED) is 0.791. The van der Waals surface area contributed by atoms with Gasteiger partial charge in [0.25, 0.3) is 0 Å². The summed E-state index contributed by atoms with van der Waals surface area (Å²) in [4.78, 5) is 23.4. The van der Waals surface area contributed by atoms with Gasteiger partial charge < -0.3 is 18.6 Å². The van der Waals surface area contributed by atoms with Crippen LogP contribution in [0.4, 0.5) is 0 Å². The molecule has 2 aromatic rings. The minimum absolute atomic E-state index is 0.0571. The predicted octanol–water partition coefficient (Wildman–Crippen LogP) is 2.74. The largest absolute Gasteiger partial charge is 0.496 e. The van der Waals surface area contributed by atoms with Gasteiger partial charge in [-0.2, -0.15) is 0 Å². The smallest absolute Gasteiger partial charge is 0.373 e. The van der Waals surface area contributed by atoms with Crippen molar-refractivity contribution >= 4 is 11.9 Å². The summed E-state index contributed by atoms with van der Waals surface area (Å²) in [5.41, 5.74) is 1.25. The number of esters is 2. The molecule has 0 aliphatic heterocycles. The molecule has 0 saturated heterocycles. The molecule has 0 fully saturated rings. The first kappa shape index (κ1) is 15.6. The first-order valence-electron chi connectivity index (χ1n) is 6.54. The van der Waals surface area contributed by atoms with Crippen LogP contribution in [0.1, 0.15) is 32.2 Å². The van der Waals surface area contributed by atoms with Crippen molar-refractivity contribution in [3.8, 4) is 5.75 Å². The van der Waals surface area contributed by atoms with Gasteiger partial charge in [-0.15, -0.1) is 0 Å². The molecular formula is C16H16O6. The molecular weight excluding hydrogens is 288 g/mol. The highest BCUT2D eigenvalue weighted by Gasteiger charge is 2.16. The van der Waals surface area contributed by atoms with Gasteiger partial charge in [0, 0.05) is 0 Å². The molecule has 0 atom stereocenters. The molecule has 1 heterocycles. The molecule has 22 heavy (non-hydrogen) atoms. The number of methoxy groups -OCH3 is 2. The van der Waals surface area contributed by atoms with E-state index in [-0.39, 0.29) is 12.4 Å². The molecule has 0 N–H and O–H groups in total. The van der Waals surface area contributed by atoms with Crippen LogP contribution in [0.5, 0.6) is 5.75 Å². The molecule has 0 amide bonds. The fourth-order valence-electron chi connectivity index (χ4n) is 1.86. The minimum Gasteiger partial charge on any atom is -0.496 e. The summed E-state index contributed by atoms with van der Waals surface area (Å²) >= 11 is 0. The number of carbonyl (C=O) groups is 2. The van der Waals surface area contributed by atoms with E-state index in [0.717, 1.165) is 5.56 Å². The van der Waals surface area contributed by atoms with Gasteiger partial charge in [-0.3, -0.25) is 0 Å². The lowest BCUT2D eigenvalue weighted by Crippen LogP contribution is -2.07. The van der Waals surface area contributed by atoms with Crippen LogP contribution in [-0.2, 0) is 16.1 Å². The Balaban J connectivity index is 2.05. The van der Waals surface area contributed by atoms with Crippen molar-refractivity contribution in [3.05, 3.63) is 53.0 Å². The zero-order chi connectivity index (χ0) is 16.1. The van der Waals surface area contributed by atoms with E-state index in [1.54, 1.807) is 18.2 Å². The molecule has 6 heteroatoms. The second kappa shape index (κ2) is 6.80. The molecule has 0 saturated carbocycles. The number of hydrogen-bond donors (Lipinski definition) is 0. The zero-order valence-electron chi connectivity index (χ0n) is 12.5. The van der Waals surface area contributed by atoms with Crippen LogP contribution in [0, 0.1) is 6.92 Å². The van der Waals surface area contributed by atoms with Crippen molar-refractivity contribution in [2.75, 3.05) is 14.2 Å². The number of benzene rings is 1. The van der Waals surface area contributed by atoms with Crippen molar-refractivity contribution in [2.24, 2.45) is 0 Å². The predicted molar refractivity (Wildman–Crippen MR) is 76.9 cm³/mol. The third-order valence-electron chi connectivity index (χ3n) is 2.97. The maximum absolute atomic E-state index is 12.1. The molecule has 116 valence electrons. The second-order valence-electron chi connectivity index (χ2n) is 4.54. The van der Waals surface area contributed by atoms with Gasteiger partial charge in [0.05, 0.1) is 14.2 Å². The number of aryl methyl sites for hydroxylation is 1. The van der Waals surface area contributed by atoms with Crippen LogP contribution in [0.2, 0.25) is 0 Å². The maximum Gasteiger partial charge on any atom is 0.373 e. The zero-order valence-corrected chi connectivity index (χ0v) is 12.5. The second-order valence-corrected chi connectivity index (χ2v) is 4.54. The van der Waals surface area contributed by atoms with E-state index in [9.17, 15) is 9.59 Å². The molecule has 1 aromatic heterocycles. The third kappa shape index (κ3) is 3.46. The highest BCUT2D eigenvalue weighted by atomic mass is 16.6. The van der Waals surface area contributed by atoms with Crippen LogP contribution in [0.3, 0.4) is 0 Å². The number of rotatable bonds is 5. The summed E-state index contributed by atoms with van der Waals surface area (Å²) in [6.07, 6.45) is 0. The summed E-state index contributed by atoms with van der Waals surface area (Å²) in [5, 5.41) is 0. The van der Waals surface area contributed by atoms with Crippen LogP contribution in [-0.4, -0.2) is 26.2 Å². The van der Waals surface area contributed by atoms with Crippen LogP contribution in [0.15, 0.2) is 34.7 Å². The van der Waals surface area contributed by atoms with E-state index in [1.807, 2.05) is 13.0 Å². The number of ether oxygens (including phenoxy) is 3. The molecule has 0 radical (unpaired) electrons. The molecule has 1 aromatic carbocycles. The standard InChI is InChI=1S/C16H16O6/c1-10-4-6-13(19-2)12(8-10)15(17)21-9-11-5-7-14(22-11)16(18)20-3/h4-8H,9H2,1-3H3. The average Bonchev–Trinajstić information content (AvgIpc) is 3.00. The first-order chi connectivity index (χ1) is 10.5. The number of hydrogen-bond acceptors (Lipinski definition) is 6. The van der Waals surface area contributed by atoms with Gasteiger partial charge in [0.1, 0.15) is 23.7 Å². The third-order valence-corrected chi connectivity index (χ3v) is 2.97. The number of carbonyl (C=O) groups excluding carboxylic acids is 2. The topological polar surface area (TPSA) is 75.0 Å². The van der Waals surface area contributed by atoms with Crippen molar-refractivity contribution < 1.29 is 28.2 Å². The van der Waals surface area contributed by atoms with E-state index < -0.39 is 11.9 Å². The summed E-state index contributed by atoms with van der Waals surface area (Å²) < 4.78 is 20.1. The number of furan rings is 1. The Morgan fingerprint density at radius 1 is 1.09 bits per heavy atom. The van der Waals surface area contributed by atoms with Crippen LogP contribution < -0.4 is 4.74 Å². The Hall–Kier alpha value is -2.76. The SMILES string of the molecule is COC(=O)c1ccc(COC(=O)c2cc(C)ccc2OC)o1. The Morgan fingerprint density at radius 2 is 1.86 bits per heavy atom. The lowest BCUT2D eigenvalue weighted by molar-refractivity contribution is 0.0435. The fourth-order valence-corrected chi connectivity index (χ4v) is 1.86. The van der Waals surface area contributed by atoms with Gasteiger partial charge in [0.2, 0.25) is 5.76 Å². The van der Waals surface area contributed by atoms with Gasteiger partial charge in [0.15, 0.2) is 0 Å². The van der Waals surface area contributed by atoms with Gasteiger partial charge in [-0.05, 0) is 31.2 Å². The molecule has 2 rings (SSSR count). The van der Waals surface area contributed by atoms with E-state index >= 15 is 0 Å². The average molecular weight is 304 g/mol. The highest BCUT2D eigenvalue weighted by Crippen LogP contribution is 2.21. The Morgan fingerprint density at radius 3 is 2.55 bits per heavy atom. The molecule has 6 nitrogen and oxygen atoms in total. The van der Waals surface area contributed by atoms with Gasteiger partial charge in [-0.1, -0.05) is 11.6 Å². The van der Waals surface area contributed by atoms with E-state index in [0.29, 0.717) is 17.1 Å². The van der Waals surface area contributed by atoms with Crippen molar-refractivity contribution in [1.29, 1.82) is 0 Å².